The van der Waals surface area contributed by atoms with Gasteiger partial charge in [0, 0.05) is 4.88 Å². The van der Waals surface area contributed by atoms with Gasteiger partial charge in [0.1, 0.15) is 5.00 Å². The molecular weight excluding hydrogens is 428 g/mol. The number of aryl methyl sites for hydroxylation is 1. The molecular formula is C24H30N2O3S2. The lowest BCUT2D eigenvalue weighted by Crippen LogP contribution is -2.36. The number of hydrogen-bond donors (Lipinski definition) is 2. The topological polar surface area (TPSA) is 67.4 Å². The number of esters is 1. The molecule has 0 fully saturated rings. The molecule has 0 radical (unpaired) electrons. The number of carbonyl (C=O) groups excluding carboxylic acids is 2. The molecule has 0 aliphatic heterocycles. The summed E-state index contributed by atoms with van der Waals surface area (Å²) in [7, 11) is 0. The fourth-order valence-electron chi connectivity index (χ4n) is 3.83. The zero-order valence-corrected chi connectivity index (χ0v) is 20.2. The van der Waals surface area contributed by atoms with Crippen molar-refractivity contribution in [2.45, 2.75) is 59.3 Å². The van der Waals surface area contributed by atoms with Crippen molar-refractivity contribution in [1.82, 2.24) is 5.32 Å². The van der Waals surface area contributed by atoms with E-state index in [0.717, 1.165) is 36.8 Å². The summed E-state index contributed by atoms with van der Waals surface area (Å²) < 4.78 is 5.24. The number of benzene rings is 1. The second kappa shape index (κ2) is 10.4. The van der Waals surface area contributed by atoms with Crippen molar-refractivity contribution in [2.75, 3.05) is 11.9 Å². The van der Waals surface area contributed by atoms with E-state index in [0.29, 0.717) is 23.1 Å². The van der Waals surface area contributed by atoms with Crippen molar-refractivity contribution in [2.24, 2.45) is 5.92 Å². The molecule has 7 heteroatoms. The summed E-state index contributed by atoms with van der Waals surface area (Å²) in [4.78, 5) is 26.4. The summed E-state index contributed by atoms with van der Waals surface area (Å²) in [5.74, 6) is -0.275. The van der Waals surface area contributed by atoms with Crippen molar-refractivity contribution >= 4 is 45.5 Å². The Hall–Kier alpha value is -2.25. The van der Waals surface area contributed by atoms with E-state index in [1.807, 2.05) is 19.1 Å². The molecule has 31 heavy (non-hydrogen) atoms. The summed E-state index contributed by atoms with van der Waals surface area (Å²) in [6, 6.07) is 8.16. The highest BCUT2D eigenvalue weighted by atomic mass is 32.1. The maximum Gasteiger partial charge on any atom is 0.341 e. The Morgan fingerprint density at radius 3 is 2.52 bits per heavy atom. The molecule has 3 rings (SSSR count). The molecule has 1 aliphatic rings. The molecule has 1 heterocycles. The largest absolute Gasteiger partial charge is 0.462 e. The lowest BCUT2D eigenvalue weighted by molar-refractivity contribution is -0.120. The number of carbonyl (C=O) groups is 2. The first kappa shape index (κ1) is 23.4. The lowest BCUT2D eigenvalue weighted by Gasteiger charge is -2.15. The van der Waals surface area contributed by atoms with Gasteiger partial charge in [-0.3, -0.25) is 4.79 Å². The smallest absolute Gasteiger partial charge is 0.341 e. The summed E-state index contributed by atoms with van der Waals surface area (Å²) in [6.07, 6.45) is 3.88. The van der Waals surface area contributed by atoms with Gasteiger partial charge in [0.15, 0.2) is 5.11 Å². The minimum Gasteiger partial charge on any atom is -0.462 e. The summed E-state index contributed by atoms with van der Waals surface area (Å²) in [5, 5.41) is 6.68. The van der Waals surface area contributed by atoms with Crippen LogP contribution in [-0.2, 0) is 28.8 Å². The summed E-state index contributed by atoms with van der Waals surface area (Å²) in [5.41, 5.74) is 3.82. The molecule has 0 bridgehead atoms. The fraction of sp³-hybridized carbons (Fsp3) is 0.458. The van der Waals surface area contributed by atoms with Crippen molar-refractivity contribution < 1.29 is 14.3 Å². The van der Waals surface area contributed by atoms with Crippen LogP contribution in [0.15, 0.2) is 24.3 Å². The zero-order chi connectivity index (χ0) is 22.5. The van der Waals surface area contributed by atoms with Gasteiger partial charge >= 0.3 is 5.97 Å². The molecule has 0 saturated heterocycles. The van der Waals surface area contributed by atoms with Gasteiger partial charge in [-0.25, -0.2) is 4.79 Å². The average molecular weight is 459 g/mol. The van der Waals surface area contributed by atoms with Gasteiger partial charge in [0.05, 0.1) is 18.1 Å². The van der Waals surface area contributed by atoms with Gasteiger partial charge in [0.25, 0.3) is 0 Å². The molecule has 1 aliphatic carbocycles. The average Bonchev–Trinajstić information content (AvgIpc) is 3.28. The molecule has 1 aromatic heterocycles. The number of thiophene rings is 1. The number of hydrogen-bond acceptors (Lipinski definition) is 5. The van der Waals surface area contributed by atoms with Crippen LogP contribution in [0.4, 0.5) is 5.00 Å². The number of fused-ring (bicyclic) bond motifs is 1. The van der Waals surface area contributed by atoms with Gasteiger partial charge in [0.2, 0.25) is 5.91 Å². The number of ether oxygens (including phenoxy) is 1. The Morgan fingerprint density at radius 1 is 1.16 bits per heavy atom. The van der Waals surface area contributed by atoms with Gasteiger partial charge < -0.3 is 15.4 Å². The third kappa shape index (κ3) is 5.71. The molecule has 2 N–H and O–H groups in total. The van der Waals surface area contributed by atoms with E-state index in [9.17, 15) is 9.59 Å². The minimum absolute atomic E-state index is 0.184. The van der Waals surface area contributed by atoms with E-state index in [1.54, 1.807) is 6.92 Å². The maximum absolute atomic E-state index is 12.7. The molecule has 0 saturated carbocycles. The van der Waals surface area contributed by atoms with Gasteiger partial charge in [-0.1, -0.05) is 38.1 Å². The molecule has 1 aromatic carbocycles. The monoisotopic (exact) mass is 458 g/mol. The second-order valence-electron chi connectivity index (χ2n) is 8.29. The third-order valence-corrected chi connectivity index (χ3v) is 6.79. The Labute approximate surface area is 193 Å². The van der Waals surface area contributed by atoms with Crippen LogP contribution in [0.3, 0.4) is 0 Å². The highest BCUT2D eigenvalue weighted by Gasteiger charge is 2.28. The molecule has 1 unspecified atom stereocenters. The van der Waals surface area contributed by atoms with Gasteiger partial charge in [-0.05, 0) is 74.4 Å². The van der Waals surface area contributed by atoms with Crippen molar-refractivity contribution in [3.05, 3.63) is 51.4 Å². The zero-order valence-electron chi connectivity index (χ0n) is 18.5. The maximum atomic E-state index is 12.7. The highest BCUT2D eigenvalue weighted by molar-refractivity contribution is 7.80. The molecule has 1 atom stereocenters. The van der Waals surface area contributed by atoms with Crippen LogP contribution in [0.25, 0.3) is 0 Å². The molecule has 0 spiro atoms. The number of thiocarbonyl (C=S) groups is 1. The van der Waals surface area contributed by atoms with E-state index >= 15 is 0 Å². The van der Waals surface area contributed by atoms with Crippen LogP contribution < -0.4 is 10.6 Å². The predicted octanol–water partition coefficient (Wildman–Crippen LogP) is 5.23. The van der Waals surface area contributed by atoms with Crippen molar-refractivity contribution in [1.29, 1.82) is 0 Å². The Balaban J connectivity index is 1.65. The number of amides is 1. The standard InChI is InChI=1S/C24H30N2O3S2/c1-5-29-23(28)20-18-7-6-8-19(18)31-22(20)26-24(30)25-21(27)15(4)17-11-9-16(10-12-17)13-14(2)3/h9-12,14-15H,5-8,13H2,1-4H3,(H2,25,26,27,30). The van der Waals surface area contributed by atoms with Crippen LogP contribution in [0.2, 0.25) is 0 Å². The van der Waals surface area contributed by atoms with E-state index in [1.165, 1.54) is 21.8 Å². The number of nitrogens with one attached hydrogen (secondary N) is 2. The quantitative estimate of drug-likeness (QED) is 0.439. The predicted molar refractivity (Wildman–Crippen MR) is 130 cm³/mol. The molecule has 2 aromatic rings. The third-order valence-electron chi connectivity index (χ3n) is 5.38. The SMILES string of the molecule is CCOC(=O)c1c(NC(=S)NC(=O)C(C)c2ccc(CC(C)C)cc2)sc2c1CCC2. The van der Waals surface area contributed by atoms with Gasteiger partial charge in [-0.15, -0.1) is 11.3 Å². The Kier molecular flexibility index (Phi) is 7.84. The Bertz CT molecular complexity index is 964. The first-order valence-corrected chi connectivity index (χ1v) is 12.0. The van der Waals surface area contributed by atoms with Crippen LogP contribution in [0, 0.1) is 5.92 Å². The van der Waals surface area contributed by atoms with E-state index in [4.69, 9.17) is 17.0 Å². The van der Waals surface area contributed by atoms with Gasteiger partial charge in [-0.2, -0.15) is 0 Å². The van der Waals surface area contributed by atoms with Crippen molar-refractivity contribution in [3.63, 3.8) is 0 Å². The molecule has 1 amide bonds. The first-order valence-electron chi connectivity index (χ1n) is 10.8. The molecule has 5 nitrogen and oxygen atoms in total. The fourth-order valence-corrected chi connectivity index (χ4v) is 5.38. The first-order chi connectivity index (χ1) is 14.8. The van der Waals surface area contributed by atoms with Crippen molar-refractivity contribution in [3.8, 4) is 0 Å². The second-order valence-corrected chi connectivity index (χ2v) is 9.80. The van der Waals surface area contributed by atoms with E-state index < -0.39 is 0 Å². The van der Waals surface area contributed by atoms with E-state index in [-0.39, 0.29) is 22.9 Å². The normalized spacial score (nSPS) is 13.6. The summed E-state index contributed by atoms with van der Waals surface area (Å²) in [6.45, 7) is 8.34. The number of anilines is 1. The minimum atomic E-state index is -0.342. The van der Waals surface area contributed by atoms with Crippen LogP contribution in [0.5, 0.6) is 0 Å². The number of rotatable bonds is 7. The highest BCUT2D eigenvalue weighted by Crippen LogP contribution is 2.39. The summed E-state index contributed by atoms with van der Waals surface area (Å²) >= 11 is 6.90. The lowest BCUT2D eigenvalue weighted by atomic mass is 9.96. The van der Waals surface area contributed by atoms with Crippen LogP contribution in [0.1, 0.15) is 72.0 Å². The van der Waals surface area contributed by atoms with Crippen LogP contribution in [-0.4, -0.2) is 23.6 Å². The Morgan fingerprint density at radius 2 is 1.87 bits per heavy atom. The van der Waals surface area contributed by atoms with E-state index in [2.05, 4.69) is 36.6 Å². The van der Waals surface area contributed by atoms with Crippen LogP contribution >= 0.6 is 23.6 Å². The molecule has 166 valence electrons.